The van der Waals surface area contributed by atoms with Gasteiger partial charge in [-0.25, -0.2) is 0 Å². The Morgan fingerprint density at radius 3 is 2.79 bits per heavy atom. The number of rotatable bonds is 5. The predicted octanol–water partition coefficient (Wildman–Crippen LogP) is 2.04. The van der Waals surface area contributed by atoms with Crippen molar-refractivity contribution in [2.75, 3.05) is 6.54 Å². The summed E-state index contributed by atoms with van der Waals surface area (Å²) in [6.07, 6.45) is 3.04. The average Bonchev–Trinajstić information content (AvgIpc) is 3.27. The van der Waals surface area contributed by atoms with Crippen molar-refractivity contribution in [3.63, 3.8) is 0 Å². The summed E-state index contributed by atoms with van der Waals surface area (Å²) in [7, 11) is 0. The summed E-state index contributed by atoms with van der Waals surface area (Å²) in [5, 5.41) is 9.37. The molecule has 0 unspecified atom stereocenters. The number of nitrogens with zero attached hydrogens (tertiary/aromatic N) is 1. The Labute approximate surface area is 169 Å². The Kier molecular flexibility index (Phi) is 6.12. The number of carbonyl (C=O) groups is 3. The van der Waals surface area contributed by atoms with Crippen LogP contribution in [0.2, 0.25) is 0 Å². The van der Waals surface area contributed by atoms with Crippen molar-refractivity contribution in [1.29, 1.82) is 0 Å². The molecule has 2 aromatic rings. The zero-order valence-electron chi connectivity index (χ0n) is 14.4. The fourth-order valence-electron chi connectivity index (χ4n) is 2.32. The van der Waals surface area contributed by atoms with Crippen LogP contribution in [0.25, 0.3) is 6.08 Å². The predicted molar refractivity (Wildman–Crippen MR) is 107 cm³/mol. The first-order valence-corrected chi connectivity index (χ1v) is 9.33. The Bertz CT molecular complexity index is 956. The van der Waals surface area contributed by atoms with E-state index in [9.17, 15) is 19.5 Å². The Balaban J connectivity index is 1.49. The Morgan fingerprint density at radius 2 is 2.07 bits per heavy atom. The lowest BCUT2D eigenvalue weighted by Crippen LogP contribution is -2.43. The lowest BCUT2D eigenvalue weighted by Gasteiger charge is -2.14. The van der Waals surface area contributed by atoms with E-state index in [1.165, 1.54) is 35.4 Å². The highest BCUT2D eigenvalue weighted by Gasteiger charge is 2.32. The molecule has 1 saturated heterocycles. The van der Waals surface area contributed by atoms with Crippen LogP contribution in [0.3, 0.4) is 0 Å². The van der Waals surface area contributed by atoms with Crippen LogP contribution in [-0.2, 0) is 9.59 Å². The number of amides is 3. The topological polar surface area (TPSA) is 112 Å². The molecule has 2 heterocycles. The first kappa shape index (κ1) is 19.6. The van der Waals surface area contributed by atoms with Gasteiger partial charge in [0.15, 0.2) is 0 Å². The average molecular weight is 417 g/mol. The molecule has 144 valence electrons. The van der Waals surface area contributed by atoms with Crippen molar-refractivity contribution >= 4 is 52.1 Å². The molecule has 0 aliphatic carbocycles. The summed E-state index contributed by atoms with van der Waals surface area (Å²) >= 11 is 6.33. The van der Waals surface area contributed by atoms with Gasteiger partial charge in [-0.1, -0.05) is 30.0 Å². The Morgan fingerprint density at radius 1 is 1.25 bits per heavy atom. The second-order valence-electron chi connectivity index (χ2n) is 5.65. The molecule has 3 amide bonds. The minimum Gasteiger partial charge on any atom is -0.508 e. The molecular formula is C18H15N3O5S2. The molecule has 3 rings (SSSR count). The molecule has 1 aliphatic heterocycles. The summed E-state index contributed by atoms with van der Waals surface area (Å²) in [5.74, 6) is -0.888. The van der Waals surface area contributed by atoms with Crippen molar-refractivity contribution in [3.05, 3.63) is 58.9 Å². The van der Waals surface area contributed by atoms with Gasteiger partial charge in [0.25, 0.3) is 11.8 Å². The minimum atomic E-state index is -0.573. The van der Waals surface area contributed by atoms with Crippen LogP contribution < -0.4 is 10.9 Å². The number of phenols is 1. The van der Waals surface area contributed by atoms with E-state index >= 15 is 0 Å². The molecule has 0 bridgehead atoms. The number of furan rings is 1. The lowest BCUT2D eigenvalue weighted by atomic mass is 10.2. The van der Waals surface area contributed by atoms with Crippen molar-refractivity contribution in [2.45, 2.75) is 6.42 Å². The van der Waals surface area contributed by atoms with Crippen molar-refractivity contribution in [2.24, 2.45) is 0 Å². The molecule has 0 spiro atoms. The van der Waals surface area contributed by atoms with E-state index in [2.05, 4.69) is 10.9 Å². The van der Waals surface area contributed by atoms with Crippen LogP contribution in [0, 0.1) is 0 Å². The van der Waals surface area contributed by atoms with Crippen LogP contribution in [0.4, 0.5) is 0 Å². The summed E-state index contributed by atoms with van der Waals surface area (Å²) < 4.78 is 5.53. The smallest absolute Gasteiger partial charge is 0.269 e. The number of hydrogen-bond acceptors (Lipinski definition) is 7. The summed E-state index contributed by atoms with van der Waals surface area (Å²) in [6, 6.07) is 9.13. The molecule has 28 heavy (non-hydrogen) atoms. The summed E-state index contributed by atoms with van der Waals surface area (Å²) in [6.45, 7) is 0.0774. The first-order valence-electron chi connectivity index (χ1n) is 8.11. The number of hydrogen-bond donors (Lipinski definition) is 3. The van der Waals surface area contributed by atoms with Gasteiger partial charge in [-0.05, 0) is 30.3 Å². The van der Waals surface area contributed by atoms with Crippen LogP contribution in [-0.4, -0.2) is 38.6 Å². The van der Waals surface area contributed by atoms with E-state index in [0.717, 1.165) is 11.8 Å². The van der Waals surface area contributed by atoms with Crippen LogP contribution in [0.1, 0.15) is 22.5 Å². The summed E-state index contributed by atoms with van der Waals surface area (Å²) in [4.78, 5) is 38.0. The van der Waals surface area contributed by atoms with Gasteiger partial charge >= 0.3 is 0 Å². The van der Waals surface area contributed by atoms with Crippen LogP contribution in [0.15, 0.2) is 52.0 Å². The van der Waals surface area contributed by atoms with E-state index in [-0.39, 0.29) is 30.2 Å². The highest BCUT2D eigenvalue weighted by Crippen LogP contribution is 2.32. The summed E-state index contributed by atoms with van der Waals surface area (Å²) in [5.41, 5.74) is 4.71. The van der Waals surface area contributed by atoms with Crippen molar-refractivity contribution in [3.8, 4) is 5.75 Å². The van der Waals surface area contributed by atoms with Gasteiger partial charge in [-0.15, -0.1) is 0 Å². The highest BCUT2D eigenvalue weighted by atomic mass is 32.2. The van der Waals surface area contributed by atoms with E-state index in [1.807, 2.05) is 0 Å². The number of hydrazine groups is 1. The molecule has 1 fully saturated rings. The maximum Gasteiger partial charge on any atom is 0.269 e. The first-order chi connectivity index (χ1) is 13.4. The number of phenolic OH excluding ortho intramolecular Hbond substituents is 1. The quantitative estimate of drug-likeness (QED) is 0.388. The van der Waals surface area contributed by atoms with Crippen LogP contribution >= 0.6 is 24.0 Å². The fourth-order valence-corrected chi connectivity index (χ4v) is 3.61. The number of nitrogens with one attached hydrogen (secondary N) is 2. The number of benzene rings is 1. The fraction of sp³-hybridized carbons (Fsp3) is 0.111. The molecule has 10 heteroatoms. The van der Waals surface area contributed by atoms with E-state index < -0.39 is 11.8 Å². The number of carbonyl (C=O) groups excluding carboxylic acids is 3. The standard InChI is InChI=1S/C18H15N3O5S2/c22-12-4-1-3-11(9-12)16(24)20-19-15(23)6-7-21-17(25)14(28-18(21)27)10-13-5-2-8-26-13/h1-5,8-10,22H,6-7H2,(H,19,23)(H,20,24). The van der Waals surface area contributed by atoms with Gasteiger partial charge in [0.05, 0.1) is 11.2 Å². The molecule has 0 atom stereocenters. The zero-order chi connectivity index (χ0) is 20.1. The molecule has 1 aromatic heterocycles. The van der Waals surface area contributed by atoms with Crippen molar-refractivity contribution in [1.82, 2.24) is 15.8 Å². The van der Waals surface area contributed by atoms with E-state index in [1.54, 1.807) is 18.2 Å². The van der Waals surface area contributed by atoms with Gasteiger partial charge in [0.2, 0.25) is 5.91 Å². The van der Waals surface area contributed by atoms with Crippen molar-refractivity contribution < 1.29 is 23.9 Å². The number of aromatic hydroxyl groups is 1. The molecule has 0 saturated carbocycles. The maximum atomic E-state index is 12.4. The third-order valence-corrected chi connectivity index (χ3v) is 5.05. The molecule has 8 nitrogen and oxygen atoms in total. The van der Waals surface area contributed by atoms with Gasteiger partial charge in [0.1, 0.15) is 15.8 Å². The third-order valence-electron chi connectivity index (χ3n) is 3.68. The maximum absolute atomic E-state index is 12.4. The molecule has 1 aliphatic rings. The van der Waals surface area contributed by atoms with Gasteiger partial charge in [-0.3, -0.25) is 30.1 Å². The van der Waals surface area contributed by atoms with Gasteiger partial charge in [-0.2, -0.15) is 0 Å². The molecule has 0 radical (unpaired) electrons. The SMILES string of the molecule is O=C(CCN1C(=O)C(=Cc2ccco2)SC1=S)NNC(=O)c1cccc(O)c1. The van der Waals surface area contributed by atoms with E-state index in [4.69, 9.17) is 16.6 Å². The van der Waals surface area contributed by atoms with Gasteiger partial charge in [0, 0.05) is 24.6 Å². The largest absolute Gasteiger partial charge is 0.508 e. The zero-order valence-corrected chi connectivity index (χ0v) is 16.0. The Hall–Kier alpha value is -3.11. The number of thiocarbonyl (C=S) groups is 1. The monoisotopic (exact) mass is 417 g/mol. The molecule has 1 aromatic carbocycles. The highest BCUT2D eigenvalue weighted by molar-refractivity contribution is 8.26. The molecular weight excluding hydrogens is 402 g/mol. The molecule has 3 N–H and O–H groups in total. The van der Waals surface area contributed by atoms with Crippen LogP contribution in [0.5, 0.6) is 5.75 Å². The third kappa shape index (κ3) is 4.78. The normalized spacial score (nSPS) is 15.1. The second-order valence-corrected chi connectivity index (χ2v) is 7.33. The lowest BCUT2D eigenvalue weighted by molar-refractivity contribution is -0.124. The minimum absolute atomic E-state index is 0.0548. The second kappa shape index (κ2) is 8.72. The van der Waals surface area contributed by atoms with Gasteiger partial charge < -0.3 is 9.52 Å². The number of thioether (sulfide) groups is 1. The van der Waals surface area contributed by atoms with E-state index in [0.29, 0.717) is 15.0 Å².